The number of nitrogens with zero attached hydrogens (tertiary/aromatic N) is 1. The molecule has 0 aromatic carbocycles. The van der Waals surface area contributed by atoms with Gasteiger partial charge in [0.25, 0.3) is 0 Å². The third-order valence-corrected chi connectivity index (χ3v) is 3.23. The predicted octanol–water partition coefficient (Wildman–Crippen LogP) is -0.0867. The minimum atomic E-state index is 0.137. The number of hydrazone groups is 1. The fourth-order valence-corrected chi connectivity index (χ4v) is 2.37. The van der Waals surface area contributed by atoms with Crippen molar-refractivity contribution in [2.75, 3.05) is 5.75 Å². The minimum Gasteiger partial charge on any atom is -0.349 e. The summed E-state index contributed by atoms with van der Waals surface area (Å²) in [5.74, 6) is 0.681. The summed E-state index contributed by atoms with van der Waals surface area (Å²) in [6, 6.07) is 0.230. The van der Waals surface area contributed by atoms with Gasteiger partial charge in [-0.1, -0.05) is 0 Å². The van der Waals surface area contributed by atoms with Crippen molar-refractivity contribution in [2.45, 2.75) is 24.8 Å². The lowest BCUT2D eigenvalue weighted by atomic mass is 10.1. The zero-order chi connectivity index (χ0) is 8.55. The highest BCUT2D eigenvalue weighted by Gasteiger charge is 2.31. The second kappa shape index (κ2) is 2.97. The first-order chi connectivity index (χ1) is 5.75. The summed E-state index contributed by atoms with van der Waals surface area (Å²) in [4.78, 5) is 11.0. The van der Waals surface area contributed by atoms with E-state index in [9.17, 15) is 4.79 Å². The molecule has 4 nitrogen and oxygen atoms in total. The topological polar surface area (TPSA) is 53.5 Å². The Balaban J connectivity index is 2.08. The highest BCUT2D eigenvalue weighted by Crippen LogP contribution is 2.21. The summed E-state index contributed by atoms with van der Waals surface area (Å²) in [6.45, 7) is 1.97. The van der Waals surface area contributed by atoms with Gasteiger partial charge in [-0.25, -0.2) is 0 Å². The smallest absolute Gasteiger partial charge is 0.230 e. The summed E-state index contributed by atoms with van der Waals surface area (Å²) in [7, 11) is 0. The van der Waals surface area contributed by atoms with Crippen LogP contribution >= 0.6 is 11.8 Å². The molecule has 2 aliphatic rings. The van der Waals surface area contributed by atoms with Gasteiger partial charge in [0, 0.05) is 12.1 Å². The number of fused-ring (bicyclic) bond motifs is 1. The van der Waals surface area contributed by atoms with Crippen molar-refractivity contribution in [3.63, 3.8) is 0 Å². The van der Waals surface area contributed by atoms with Crippen LogP contribution in [0, 0.1) is 0 Å². The fraction of sp³-hybridized carbons (Fsp3) is 0.714. The van der Waals surface area contributed by atoms with Gasteiger partial charge in [0.15, 0.2) is 0 Å². The Hall–Kier alpha value is -0.710. The van der Waals surface area contributed by atoms with E-state index in [1.165, 1.54) is 0 Å². The van der Waals surface area contributed by atoms with Crippen LogP contribution in [0.4, 0.5) is 0 Å². The third-order valence-electron chi connectivity index (χ3n) is 2.00. The van der Waals surface area contributed by atoms with Gasteiger partial charge in [-0.05, 0) is 6.92 Å². The van der Waals surface area contributed by atoms with Crippen molar-refractivity contribution < 1.29 is 4.79 Å². The molecule has 1 saturated heterocycles. The maximum Gasteiger partial charge on any atom is 0.230 e. The minimum absolute atomic E-state index is 0.137. The number of rotatable bonds is 0. The SMILES string of the molecule is CC1=NNC2SCC(=O)NC2C1. The molecule has 0 radical (unpaired) electrons. The molecule has 1 amide bonds. The van der Waals surface area contributed by atoms with Gasteiger partial charge in [0.1, 0.15) is 5.37 Å². The Morgan fingerprint density at radius 1 is 1.67 bits per heavy atom. The van der Waals surface area contributed by atoms with Crippen LogP contribution in [0.5, 0.6) is 0 Å². The van der Waals surface area contributed by atoms with Gasteiger partial charge in [-0.2, -0.15) is 5.10 Å². The molecular weight excluding hydrogens is 174 g/mol. The first kappa shape index (κ1) is 7.91. The van der Waals surface area contributed by atoms with Crippen LogP contribution in [0.2, 0.25) is 0 Å². The largest absolute Gasteiger partial charge is 0.349 e. The van der Waals surface area contributed by atoms with E-state index in [-0.39, 0.29) is 17.3 Å². The van der Waals surface area contributed by atoms with Crippen molar-refractivity contribution in [3.05, 3.63) is 0 Å². The molecule has 1 fully saturated rings. The summed E-state index contributed by atoms with van der Waals surface area (Å²) >= 11 is 1.63. The maximum absolute atomic E-state index is 11.0. The van der Waals surface area contributed by atoms with Crippen molar-refractivity contribution in [1.29, 1.82) is 0 Å². The van der Waals surface area contributed by atoms with Crippen LogP contribution in [0.1, 0.15) is 13.3 Å². The quantitative estimate of drug-likeness (QED) is 0.554. The molecule has 0 spiro atoms. The molecule has 0 aromatic heterocycles. The summed E-state index contributed by atoms with van der Waals surface area (Å²) in [6.07, 6.45) is 0.871. The van der Waals surface area contributed by atoms with Crippen molar-refractivity contribution in [1.82, 2.24) is 10.7 Å². The molecule has 2 N–H and O–H groups in total. The predicted molar refractivity (Wildman–Crippen MR) is 49.0 cm³/mol. The molecule has 5 heteroatoms. The fourth-order valence-electron chi connectivity index (χ4n) is 1.43. The Bertz CT molecular complexity index is 241. The van der Waals surface area contributed by atoms with Gasteiger partial charge < -0.3 is 5.32 Å². The van der Waals surface area contributed by atoms with E-state index < -0.39 is 0 Å². The number of carbonyl (C=O) groups is 1. The number of amides is 1. The first-order valence-electron chi connectivity index (χ1n) is 3.95. The molecule has 0 aromatic rings. The van der Waals surface area contributed by atoms with Crippen molar-refractivity contribution in [3.8, 4) is 0 Å². The lowest BCUT2D eigenvalue weighted by Gasteiger charge is -2.34. The molecule has 0 aliphatic carbocycles. The van der Waals surface area contributed by atoms with Crippen LogP contribution in [0.15, 0.2) is 5.10 Å². The van der Waals surface area contributed by atoms with Gasteiger partial charge >= 0.3 is 0 Å². The highest BCUT2D eigenvalue weighted by atomic mass is 32.2. The number of carbonyl (C=O) groups excluding carboxylic acids is 1. The number of hydrogen-bond acceptors (Lipinski definition) is 4. The third kappa shape index (κ3) is 1.41. The normalized spacial score (nSPS) is 34.4. The Morgan fingerprint density at radius 2 is 2.50 bits per heavy atom. The van der Waals surface area contributed by atoms with Crippen LogP contribution < -0.4 is 10.7 Å². The molecule has 0 saturated carbocycles. The first-order valence-corrected chi connectivity index (χ1v) is 5.00. The lowest BCUT2D eigenvalue weighted by Crippen LogP contribution is -2.54. The molecule has 2 atom stereocenters. The Labute approximate surface area is 75.2 Å². The van der Waals surface area contributed by atoms with E-state index in [4.69, 9.17) is 0 Å². The van der Waals surface area contributed by atoms with Crippen LogP contribution in [-0.2, 0) is 4.79 Å². The summed E-state index contributed by atoms with van der Waals surface area (Å²) in [5.41, 5.74) is 4.08. The zero-order valence-corrected chi connectivity index (χ0v) is 7.65. The zero-order valence-electron chi connectivity index (χ0n) is 6.83. The van der Waals surface area contributed by atoms with Gasteiger partial charge in [-0.15, -0.1) is 11.8 Å². The van der Waals surface area contributed by atoms with Gasteiger partial charge in [0.05, 0.1) is 11.8 Å². The van der Waals surface area contributed by atoms with Gasteiger partial charge in [0.2, 0.25) is 5.91 Å². The molecule has 2 rings (SSSR count). The second-order valence-electron chi connectivity index (χ2n) is 3.09. The summed E-state index contributed by atoms with van der Waals surface area (Å²) < 4.78 is 0. The van der Waals surface area contributed by atoms with Crippen LogP contribution in [0.25, 0.3) is 0 Å². The molecule has 2 unspecified atom stereocenters. The molecule has 66 valence electrons. The number of nitrogens with one attached hydrogen (secondary N) is 2. The number of thioether (sulfide) groups is 1. The van der Waals surface area contributed by atoms with E-state index in [1.54, 1.807) is 11.8 Å². The van der Waals surface area contributed by atoms with E-state index in [0.717, 1.165) is 12.1 Å². The molecule has 0 bridgehead atoms. The standard InChI is InChI=1S/C7H11N3OS/c1-4-2-5-7(10-9-4)12-3-6(11)8-5/h5,7,10H,2-3H2,1H3,(H,8,11). The average molecular weight is 185 g/mol. The van der Waals surface area contributed by atoms with Crippen molar-refractivity contribution >= 4 is 23.4 Å². The molecule has 2 heterocycles. The van der Waals surface area contributed by atoms with Crippen LogP contribution in [0.3, 0.4) is 0 Å². The second-order valence-corrected chi connectivity index (χ2v) is 4.22. The van der Waals surface area contributed by atoms with E-state index in [2.05, 4.69) is 15.8 Å². The van der Waals surface area contributed by atoms with Crippen LogP contribution in [-0.4, -0.2) is 28.8 Å². The highest BCUT2D eigenvalue weighted by molar-refractivity contribution is 8.00. The Morgan fingerprint density at radius 3 is 3.33 bits per heavy atom. The van der Waals surface area contributed by atoms with Crippen molar-refractivity contribution in [2.24, 2.45) is 5.10 Å². The van der Waals surface area contributed by atoms with Gasteiger partial charge in [-0.3, -0.25) is 10.2 Å². The molecule has 2 aliphatic heterocycles. The van der Waals surface area contributed by atoms with E-state index >= 15 is 0 Å². The Kier molecular flexibility index (Phi) is 1.96. The average Bonchev–Trinajstić information content (AvgIpc) is 2.03. The molecule has 12 heavy (non-hydrogen) atoms. The monoisotopic (exact) mass is 185 g/mol. The summed E-state index contributed by atoms with van der Waals surface area (Å²) in [5, 5.41) is 7.35. The lowest BCUT2D eigenvalue weighted by molar-refractivity contribution is -0.119. The maximum atomic E-state index is 11.0. The molecular formula is C7H11N3OS. The van der Waals surface area contributed by atoms with E-state index in [1.807, 2.05) is 6.92 Å². The van der Waals surface area contributed by atoms with E-state index in [0.29, 0.717) is 5.75 Å². The number of hydrogen-bond donors (Lipinski definition) is 2.